The van der Waals surface area contributed by atoms with E-state index in [1.54, 1.807) is 5.32 Å². The van der Waals surface area contributed by atoms with Crippen LogP contribution in [0.3, 0.4) is 0 Å². The second-order valence-corrected chi connectivity index (χ2v) is 6.44. The molecule has 5 nitrogen and oxygen atoms in total. The Hall–Kier alpha value is -2.09. The SMILES string of the molecule is O=C(NC1(C(=O)O)C2CC1CN(Cc1ccccc1)C2)C(F)(F)F. The zero-order valence-electron chi connectivity index (χ0n) is 12.7. The van der Waals surface area contributed by atoms with Crippen molar-refractivity contribution in [2.24, 2.45) is 11.8 Å². The zero-order valence-corrected chi connectivity index (χ0v) is 12.7. The largest absolute Gasteiger partial charge is 0.479 e. The average Bonchev–Trinajstić information content (AvgIpc) is 2.51. The van der Waals surface area contributed by atoms with Crippen molar-refractivity contribution in [2.75, 3.05) is 13.1 Å². The van der Waals surface area contributed by atoms with Crippen LogP contribution >= 0.6 is 0 Å². The van der Waals surface area contributed by atoms with E-state index < -0.39 is 35.4 Å². The fourth-order valence-electron chi connectivity index (χ4n) is 3.86. The molecule has 1 aliphatic carbocycles. The number of amides is 1. The van der Waals surface area contributed by atoms with Gasteiger partial charge in [0.25, 0.3) is 0 Å². The molecule has 0 spiro atoms. The monoisotopic (exact) mass is 342 g/mol. The summed E-state index contributed by atoms with van der Waals surface area (Å²) in [5.41, 5.74) is -0.751. The molecule has 1 amide bonds. The number of hydrogen-bond acceptors (Lipinski definition) is 3. The number of halogens is 3. The van der Waals surface area contributed by atoms with Crippen molar-refractivity contribution >= 4 is 11.9 Å². The number of carbonyl (C=O) groups excluding carboxylic acids is 1. The summed E-state index contributed by atoms with van der Waals surface area (Å²) in [6.07, 6.45) is -4.58. The van der Waals surface area contributed by atoms with Crippen LogP contribution in [0, 0.1) is 11.8 Å². The summed E-state index contributed by atoms with van der Waals surface area (Å²) in [6, 6.07) is 9.56. The van der Waals surface area contributed by atoms with Gasteiger partial charge in [0, 0.05) is 31.5 Å². The van der Waals surface area contributed by atoms with Gasteiger partial charge in [0.2, 0.25) is 0 Å². The van der Waals surface area contributed by atoms with E-state index in [0.717, 1.165) is 5.56 Å². The lowest BCUT2D eigenvalue weighted by Crippen LogP contribution is -2.77. The van der Waals surface area contributed by atoms with Crippen LogP contribution in [0.25, 0.3) is 0 Å². The molecule has 3 fully saturated rings. The molecule has 4 rings (SSSR count). The summed E-state index contributed by atoms with van der Waals surface area (Å²) in [5.74, 6) is -4.62. The molecule has 2 heterocycles. The van der Waals surface area contributed by atoms with Crippen molar-refractivity contribution in [1.29, 1.82) is 0 Å². The first-order valence-electron chi connectivity index (χ1n) is 7.62. The Morgan fingerprint density at radius 3 is 2.29 bits per heavy atom. The maximum atomic E-state index is 12.5. The molecule has 1 aromatic carbocycles. The number of fused-ring (bicyclic) bond motifs is 2. The molecule has 1 saturated carbocycles. The Kier molecular flexibility index (Phi) is 4.03. The average molecular weight is 342 g/mol. The van der Waals surface area contributed by atoms with E-state index in [-0.39, 0.29) is 0 Å². The number of carbonyl (C=O) groups is 2. The van der Waals surface area contributed by atoms with Crippen LogP contribution in [0.15, 0.2) is 30.3 Å². The Morgan fingerprint density at radius 2 is 1.79 bits per heavy atom. The molecule has 130 valence electrons. The van der Waals surface area contributed by atoms with Crippen molar-refractivity contribution in [3.63, 3.8) is 0 Å². The molecule has 1 aromatic rings. The maximum absolute atomic E-state index is 12.5. The van der Waals surface area contributed by atoms with E-state index in [1.807, 2.05) is 35.2 Å². The van der Waals surface area contributed by atoms with Crippen molar-refractivity contribution in [3.05, 3.63) is 35.9 Å². The normalized spacial score (nSPS) is 29.6. The molecule has 2 atom stereocenters. The third-order valence-corrected chi connectivity index (χ3v) is 4.99. The Bertz CT molecular complexity index is 636. The lowest BCUT2D eigenvalue weighted by Gasteiger charge is -2.59. The number of rotatable bonds is 4. The van der Waals surface area contributed by atoms with E-state index in [4.69, 9.17) is 0 Å². The number of nitrogens with zero attached hydrogens (tertiary/aromatic N) is 1. The van der Waals surface area contributed by atoms with Gasteiger partial charge in [0.1, 0.15) is 5.54 Å². The standard InChI is InChI=1S/C16H17F3N2O3/c17-16(18,19)13(22)20-15(14(23)24)11-6-12(15)9-21(8-11)7-10-4-2-1-3-5-10/h1-5,11-12H,6-9H2,(H,20,22)(H,23,24). The third-order valence-electron chi connectivity index (χ3n) is 4.99. The van der Waals surface area contributed by atoms with E-state index in [2.05, 4.69) is 0 Å². The summed E-state index contributed by atoms with van der Waals surface area (Å²) in [5, 5.41) is 11.2. The van der Waals surface area contributed by atoms with Gasteiger partial charge in [-0.15, -0.1) is 0 Å². The van der Waals surface area contributed by atoms with Gasteiger partial charge in [0.05, 0.1) is 0 Å². The Labute approximate surface area is 136 Å². The summed E-state index contributed by atoms with van der Waals surface area (Å²) >= 11 is 0. The van der Waals surface area contributed by atoms with Gasteiger partial charge >= 0.3 is 18.1 Å². The number of carboxylic acid groups (broad SMARTS) is 1. The van der Waals surface area contributed by atoms with Crippen LogP contribution in [0.2, 0.25) is 0 Å². The first kappa shape index (κ1) is 16.8. The lowest BCUT2D eigenvalue weighted by molar-refractivity contribution is -0.191. The van der Waals surface area contributed by atoms with Crippen molar-refractivity contribution in [3.8, 4) is 0 Å². The van der Waals surface area contributed by atoms with Crippen molar-refractivity contribution in [1.82, 2.24) is 10.2 Å². The van der Waals surface area contributed by atoms with E-state index in [9.17, 15) is 27.9 Å². The van der Waals surface area contributed by atoms with Gasteiger partial charge in [0.15, 0.2) is 0 Å². The topological polar surface area (TPSA) is 69.6 Å². The Balaban J connectivity index is 1.72. The highest BCUT2D eigenvalue weighted by Gasteiger charge is 2.65. The molecule has 24 heavy (non-hydrogen) atoms. The number of hydrogen-bond donors (Lipinski definition) is 2. The Morgan fingerprint density at radius 1 is 1.21 bits per heavy atom. The van der Waals surface area contributed by atoms with Crippen molar-refractivity contribution < 1.29 is 27.9 Å². The smallest absolute Gasteiger partial charge is 0.471 e. The number of alkyl halides is 3. The highest BCUT2D eigenvalue weighted by molar-refractivity contribution is 5.91. The number of benzene rings is 1. The summed E-state index contributed by atoms with van der Waals surface area (Å²) < 4.78 is 37.6. The van der Waals surface area contributed by atoms with E-state index in [1.165, 1.54) is 0 Å². The summed E-state index contributed by atoms with van der Waals surface area (Å²) in [7, 11) is 0. The van der Waals surface area contributed by atoms with E-state index in [0.29, 0.717) is 26.1 Å². The summed E-state index contributed by atoms with van der Waals surface area (Å²) in [4.78, 5) is 24.9. The molecular formula is C16H17F3N2O3. The van der Waals surface area contributed by atoms with Gasteiger partial charge in [-0.1, -0.05) is 30.3 Å². The minimum Gasteiger partial charge on any atom is -0.479 e. The second kappa shape index (κ2) is 5.77. The fourth-order valence-corrected chi connectivity index (χ4v) is 3.86. The number of aliphatic carboxylic acids is 1. The minimum atomic E-state index is -5.09. The number of carboxylic acids is 1. The zero-order chi connectivity index (χ0) is 17.5. The van der Waals surface area contributed by atoms with Crippen LogP contribution in [0.4, 0.5) is 13.2 Å². The molecule has 2 N–H and O–H groups in total. The molecular weight excluding hydrogens is 325 g/mol. The molecule has 3 aliphatic rings. The van der Waals surface area contributed by atoms with Crippen LogP contribution in [-0.4, -0.2) is 46.7 Å². The number of nitrogens with one attached hydrogen (secondary N) is 1. The molecule has 0 radical (unpaired) electrons. The summed E-state index contributed by atoms with van der Waals surface area (Å²) in [6.45, 7) is 1.29. The molecule has 2 aliphatic heterocycles. The first-order valence-corrected chi connectivity index (χ1v) is 7.62. The van der Waals surface area contributed by atoms with Gasteiger partial charge in [-0.3, -0.25) is 9.69 Å². The molecule has 0 aromatic heterocycles. The third kappa shape index (κ3) is 2.75. The quantitative estimate of drug-likeness (QED) is 0.873. The fraction of sp³-hybridized carbons (Fsp3) is 0.500. The second-order valence-electron chi connectivity index (χ2n) is 6.44. The number of piperidine rings is 2. The molecule has 8 heteroatoms. The van der Waals surface area contributed by atoms with Crippen LogP contribution in [-0.2, 0) is 16.1 Å². The van der Waals surface area contributed by atoms with Crippen LogP contribution < -0.4 is 5.32 Å². The first-order chi connectivity index (χ1) is 11.2. The highest BCUT2D eigenvalue weighted by Crippen LogP contribution is 2.49. The minimum absolute atomic E-state index is 0.343. The van der Waals surface area contributed by atoms with Gasteiger partial charge < -0.3 is 10.4 Å². The molecule has 2 bridgehead atoms. The maximum Gasteiger partial charge on any atom is 0.471 e. The van der Waals surface area contributed by atoms with Crippen molar-refractivity contribution in [2.45, 2.75) is 24.7 Å². The van der Waals surface area contributed by atoms with E-state index >= 15 is 0 Å². The van der Waals surface area contributed by atoms with Gasteiger partial charge in [-0.25, -0.2) is 4.79 Å². The van der Waals surface area contributed by atoms with Gasteiger partial charge in [-0.05, 0) is 12.0 Å². The predicted molar refractivity (Wildman–Crippen MR) is 77.9 cm³/mol. The van der Waals surface area contributed by atoms with Gasteiger partial charge in [-0.2, -0.15) is 13.2 Å². The highest BCUT2D eigenvalue weighted by atomic mass is 19.4. The van der Waals surface area contributed by atoms with Crippen LogP contribution in [0.5, 0.6) is 0 Å². The molecule has 2 unspecified atom stereocenters. The predicted octanol–water partition coefficient (Wildman–Crippen LogP) is 1.64. The van der Waals surface area contributed by atoms with Crippen LogP contribution in [0.1, 0.15) is 12.0 Å². The lowest BCUT2D eigenvalue weighted by atomic mass is 9.55. The molecule has 2 saturated heterocycles.